The molecule has 1 aliphatic carbocycles. The van der Waals surface area contributed by atoms with Crippen molar-refractivity contribution in [2.24, 2.45) is 5.16 Å². The number of carbonyl (C=O) groups excluding carboxylic acids is 2. The molecule has 1 aromatic carbocycles. The van der Waals surface area contributed by atoms with E-state index in [4.69, 9.17) is 4.84 Å². The van der Waals surface area contributed by atoms with Crippen molar-refractivity contribution in [3.8, 4) is 0 Å². The van der Waals surface area contributed by atoms with Crippen LogP contribution in [0.2, 0.25) is 0 Å². The summed E-state index contributed by atoms with van der Waals surface area (Å²) in [7, 11) is 0. The van der Waals surface area contributed by atoms with Gasteiger partial charge in [0.2, 0.25) is 0 Å². The van der Waals surface area contributed by atoms with Gasteiger partial charge < -0.3 is 20.4 Å². The molecule has 2 aliphatic heterocycles. The van der Waals surface area contributed by atoms with Crippen LogP contribution in [0.25, 0.3) is 0 Å². The topological polar surface area (TPSA) is 83.0 Å². The van der Waals surface area contributed by atoms with Crippen molar-refractivity contribution in [3.05, 3.63) is 30.3 Å². The molecule has 1 atom stereocenters. The summed E-state index contributed by atoms with van der Waals surface area (Å²) < 4.78 is 0. The molecule has 3 amide bonds. The highest BCUT2D eigenvalue weighted by Crippen LogP contribution is 2.34. The fourth-order valence-corrected chi connectivity index (χ4v) is 4.37. The van der Waals surface area contributed by atoms with Crippen LogP contribution in [0, 0.1) is 0 Å². The lowest BCUT2D eigenvalue weighted by Crippen LogP contribution is -2.55. The van der Waals surface area contributed by atoms with Crippen LogP contribution in [-0.2, 0) is 9.63 Å². The molecule has 4 rings (SSSR count). The van der Waals surface area contributed by atoms with E-state index in [0.717, 1.165) is 37.9 Å². The number of carbonyl (C=O) groups is 2. The highest BCUT2D eigenvalue weighted by molar-refractivity contribution is 6.43. The summed E-state index contributed by atoms with van der Waals surface area (Å²) in [6, 6.07) is 9.57. The van der Waals surface area contributed by atoms with Gasteiger partial charge in [0.1, 0.15) is 5.71 Å². The minimum absolute atomic E-state index is 0.0169. The summed E-state index contributed by atoms with van der Waals surface area (Å²) in [6.07, 6.45) is 7.84. The number of benzene rings is 1. The van der Waals surface area contributed by atoms with Crippen LogP contribution in [0.15, 0.2) is 35.5 Å². The number of piperidine rings is 1. The monoisotopic (exact) mass is 384 g/mol. The first kappa shape index (κ1) is 18.8. The van der Waals surface area contributed by atoms with Crippen LogP contribution in [0.3, 0.4) is 0 Å². The maximum Gasteiger partial charge on any atom is 0.317 e. The Morgan fingerprint density at radius 1 is 1.11 bits per heavy atom. The first-order chi connectivity index (χ1) is 13.6. The van der Waals surface area contributed by atoms with Gasteiger partial charge in [-0.05, 0) is 37.8 Å². The number of nitrogens with one attached hydrogen (secondary N) is 2. The van der Waals surface area contributed by atoms with Crippen LogP contribution in [0.5, 0.6) is 0 Å². The van der Waals surface area contributed by atoms with Crippen LogP contribution in [-0.4, -0.2) is 47.3 Å². The number of oxime groups is 1. The molecule has 7 nitrogen and oxygen atoms in total. The molecular weight excluding hydrogens is 356 g/mol. The molecule has 28 heavy (non-hydrogen) atoms. The van der Waals surface area contributed by atoms with Crippen molar-refractivity contribution in [1.29, 1.82) is 0 Å². The largest absolute Gasteiger partial charge is 0.386 e. The van der Waals surface area contributed by atoms with E-state index in [-0.39, 0.29) is 18.0 Å². The van der Waals surface area contributed by atoms with Gasteiger partial charge in [-0.1, -0.05) is 42.6 Å². The van der Waals surface area contributed by atoms with Crippen LogP contribution in [0.1, 0.15) is 51.4 Å². The second kappa shape index (κ2) is 8.20. The third-order valence-electron chi connectivity index (χ3n) is 5.89. The lowest BCUT2D eigenvalue weighted by Gasteiger charge is -2.39. The Balaban J connectivity index is 1.33. The average molecular weight is 384 g/mol. The minimum atomic E-state index is -0.578. The predicted octanol–water partition coefficient (Wildman–Crippen LogP) is 3.28. The van der Waals surface area contributed by atoms with E-state index < -0.39 is 5.60 Å². The molecule has 150 valence electrons. The SMILES string of the molecule is O=C(Nc1ccccc1)C1=NOC2(CCCN(C(=O)NC3CCCCC3)C2)C1. The number of amides is 3. The van der Waals surface area contributed by atoms with Gasteiger partial charge in [-0.3, -0.25) is 4.79 Å². The molecule has 7 heteroatoms. The van der Waals surface area contributed by atoms with E-state index >= 15 is 0 Å². The quantitative estimate of drug-likeness (QED) is 0.839. The molecule has 0 bridgehead atoms. The normalized spacial score (nSPS) is 25.1. The number of rotatable bonds is 3. The number of likely N-dealkylation sites (tertiary alicyclic amines) is 1. The first-order valence-corrected chi connectivity index (χ1v) is 10.3. The van der Waals surface area contributed by atoms with Crippen LogP contribution < -0.4 is 10.6 Å². The first-order valence-electron chi connectivity index (χ1n) is 10.3. The van der Waals surface area contributed by atoms with Crippen LogP contribution >= 0.6 is 0 Å². The van der Waals surface area contributed by atoms with Crippen molar-refractivity contribution in [3.63, 3.8) is 0 Å². The third kappa shape index (κ3) is 4.29. The van der Waals surface area contributed by atoms with Gasteiger partial charge in [0, 0.05) is 24.7 Å². The Kier molecular flexibility index (Phi) is 5.50. The van der Waals surface area contributed by atoms with E-state index in [1.165, 1.54) is 19.3 Å². The molecule has 3 aliphatic rings. The number of para-hydroxylation sites is 1. The Hall–Kier alpha value is -2.57. The number of anilines is 1. The van der Waals surface area contributed by atoms with Crippen LogP contribution in [0.4, 0.5) is 10.5 Å². The fourth-order valence-electron chi connectivity index (χ4n) is 4.37. The van der Waals surface area contributed by atoms with Gasteiger partial charge in [0.25, 0.3) is 5.91 Å². The average Bonchev–Trinajstić information content (AvgIpc) is 3.13. The Bertz CT molecular complexity index is 745. The van der Waals surface area contributed by atoms with Crippen molar-refractivity contribution < 1.29 is 14.4 Å². The lowest BCUT2D eigenvalue weighted by molar-refractivity contribution is -0.110. The molecule has 2 heterocycles. The Labute approximate surface area is 165 Å². The van der Waals surface area contributed by atoms with Crippen molar-refractivity contribution in [2.45, 2.75) is 63.0 Å². The number of hydrogen-bond acceptors (Lipinski definition) is 4. The Morgan fingerprint density at radius 2 is 1.89 bits per heavy atom. The third-order valence-corrected chi connectivity index (χ3v) is 5.89. The highest BCUT2D eigenvalue weighted by Gasteiger charge is 2.45. The van der Waals surface area contributed by atoms with Gasteiger partial charge >= 0.3 is 6.03 Å². The summed E-state index contributed by atoms with van der Waals surface area (Å²) in [6.45, 7) is 1.19. The smallest absolute Gasteiger partial charge is 0.317 e. The van der Waals surface area contributed by atoms with Crippen molar-refractivity contribution in [1.82, 2.24) is 10.2 Å². The van der Waals surface area contributed by atoms with Crippen molar-refractivity contribution >= 4 is 23.3 Å². The van der Waals surface area contributed by atoms with Gasteiger partial charge in [-0.25, -0.2) is 4.79 Å². The second-order valence-electron chi connectivity index (χ2n) is 8.12. The van der Waals surface area contributed by atoms with Gasteiger partial charge in [0.05, 0.1) is 6.54 Å². The van der Waals surface area contributed by atoms with E-state index in [1.807, 2.05) is 35.2 Å². The number of hydrogen-bond donors (Lipinski definition) is 2. The van der Waals surface area contributed by atoms with E-state index in [9.17, 15) is 9.59 Å². The summed E-state index contributed by atoms with van der Waals surface area (Å²) in [5.41, 5.74) is 0.539. The summed E-state index contributed by atoms with van der Waals surface area (Å²) >= 11 is 0. The molecule has 0 aromatic heterocycles. The van der Waals surface area contributed by atoms with Gasteiger partial charge in [-0.15, -0.1) is 0 Å². The Morgan fingerprint density at radius 3 is 2.68 bits per heavy atom. The maximum absolute atomic E-state index is 12.7. The molecular formula is C21H28N4O3. The molecule has 1 spiro atoms. The second-order valence-corrected chi connectivity index (χ2v) is 8.12. The standard InChI is InChI=1S/C21H28N4O3/c26-19(22-16-8-3-1-4-9-16)18-14-21(28-24-18)12-7-13-25(15-21)20(27)23-17-10-5-2-6-11-17/h1,3-4,8-9,17H,2,5-7,10-15H2,(H,22,26)(H,23,27). The minimum Gasteiger partial charge on any atom is -0.386 e. The molecule has 1 saturated carbocycles. The molecule has 1 unspecified atom stereocenters. The zero-order valence-electron chi connectivity index (χ0n) is 16.2. The van der Waals surface area contributed by atoms with Crippen molar-refractivity contribution in [2.75, 3.05) is 18.4 Å². The van der Waals surface area contributed by atoms with E-state index in [1.54, 1.807) is 0 Å². The lowest BCUT2D eigenvalue weighted by atomic mass is 9.88. The summed E-state index contributed by atoms with van der Waals surface area (Å²) in [5.74, 6) is -0.244. The molecule has 2 N–H and O–H groups in total. The molecule has 1 aromatic rings. The molecule has 1 saturated heterocycles. The van der Waals surface area contributed by atoms with E-state index in [2.05, 4.69) is 15.8 Å². The highest BCUT2D eigenvalue weighted by atomic mass is 16.7. The predicted molar refractivity (Wildman–Crippen MR) is 107 cm³/mol. The molecule has 0 radical (unpaired) electrons. The van der Waals surface area contributed by atoms with E-state index in [0.29, 0.717) is 18.7 Å². The number of urea groups is 1. The van der Waals surface area contributed by atoms with Gasteiger partial charge in [-0.2, -0.15) is 0 Å². The number of nitrogens with zero attached hydrogens (tertiary/aromatic N) is 2. The zero-order valence-corrected chi connectivity index (χ0v) is 16.2. The fraction of sp³-hybridized carbons (Fsp3) is 0.571. The maximum atomic E-state index is 12.7. The summed E-state index contributed by atoms with van der Waals surface area (Å²) in [4.78, 5) is 32.8. The molecule has 2 fully saturated rings. The zero-order chi connectivity index (χ0) is 19.4. The summed E-state index contributed by atoms with van der Waals surface area (Å²) in [5, 5.41) is 10.1. The van der Waals surface area contributed by atoms with Gasteiger partial charge in [0.15, 0.2) is 5.60 Å².